The number of esters is 2. The van der Waals surface area contributed by atoms with Crippen molar-refractivity contribution in [1.29, 1.82) is 0 Å². The van der Waals surface area contributed by atoms with Crippen LogP contribution in [0.15, 0.2) is 61.3 Å². The Morgan fingerprint density at radius 1 is 0.523 bits per heavy atom. The van der Waals surface area contributed by atoms with Crippen molar-refractivity contribution in [2.24, 2.45) is 0 Å². The van der Waals surface area contributed by atoms with Gasteiger partial charge in [-0.1, -0.05) is 171 Å². The smallest absolute Gasteiger partial charge is 0.462 e. The van der Waals surface area contributed by atoms with Gasteiger partial charge in [0, 0.05) is 12.8 Å². The van der Waals surface area contributed by atoms with E-state index in [1.807, 2.05) is 18.2 Å². The van der Waals surface area contributed by atoms with Crippen LogP contribution in [0.3, 0.4) is 0 Å². The zero-order valence-corrected chi connectivity index (χ0v) is 40.7. The number of aliphatic hydroxyl groups is 5. The molecule has 0 aromatic heterocycles. The van der Waals surface area contributed by atoms with Crippen molar-refractivity contribution in [2.75, 3.05) is 13.2 Å². The molecule has 1 fully saturated rings. The summed E-state index contributed by atoms with van der Waals surface area (Å²) in [5.74, 6) is -1.17. The molecule has 0 bridgehead atoms. The van der Waals surface area contributed by atoms with Gasteiger partial charge in [-0.3, -0.25) is 18.6 Å². The Balaban J connectivity index is 2.46. The molecule has 1 rings (SSSR count). The van der Waals surface area contributed by atoms with Gasteiger partial charge in [0.2, 0.25) is 0 Å². The van der Waals surface area contributed by atoms with Gasteiger partial charge in [0.25, 0.3) is 0 Å². The highest BCUT2D eigenvalue weighted by atomic mass is 31.2. The molecule has 0 amide bonds. The lowest BCUT2D eigenvalue weighted by molar-refractivity contribution is -0.220. The van der Waals surface area contributed by atoms with Crippen molar-refractivity contribution in [3.63, 3.8) is 0 Å². The Morgan fingerprint density at radius 2 is 0.923 bits per heavy atom. The van der Waals surface area contributed by atoms with E-state index < -0.39 is 75.7 Å². The first-order chi connectivity index (χ1) is 31.4. The molecule has 65 heavy (non-hydrogen) atoms. The number of ether oxygens (including phenoxy) is 2. The van der Waals surface area contributed by atoms with Gasteiger partial charge >= 0.3 is 19.8 Å². The maximum atomic E-state index is 12.8. The lowest BCUT2D eigenvalue weighted by atomic mass is 9.85. The van der Waals surface area contributed by atoms with Crippen molar-refractivity contribution < 1.29 is 63.1 Å². The van der Waals surface area contributed by atoms with E-state index in [4.69, 9.17) is 18.5 Å². The highest BCUT2D eigenvalue weighted by Gasteiger charge is 2.51. The molecule has 0 saturated heterocycles. The van der Waals surface area contributed by atoms with E-state index in [-0.39, 0.29) is 12.8 Å². The van der Waals surface area contributed by atoms with Crippen molar-refractivity contribution >= 4 is 19.8 Å². The molecule has 0 aliphatic heterocycles. The molecule has 6 unspecified atom stereocenters. The lowest BCUT2D eigenvalue weighted by Gasteiger charge is -2.41. The fraction of sp³-hybridized carbons (Fsp3) is 0.765. The molecule has 1 aliphatic carbocycles. The van der Waals surface area contributed by atoms with Gasteiger partial charge in [0.15, 0.2) is 6.10 Å². The van der Waals surface area contributed by atoms with Crippen molar-refractivity contribution in [2.45, 2.75) is 236 Å². The molecule has 1 aliphatic rings. The molecular formula is C51H89O13P. The summed E-state index contributed by atoms with van der Waals surface area (Å²) >= 11 is 0. The minimum absolute atomic E-state index is 0.0190. The molecule has 13 nitrogen and oxygen atoms in total. The Morgan fingerprint density at radius 3 is 1.42 bits per heavy atom. The minimum Gasteiger partial charge on any atom is -0.462 e. The molecule has 0 aromatic carbocycles. The molecule has 1 saturated carbocycles. The van der Waals surface area contributed by atoms with E-state index in [1.165, 1.54) is 103 Å². The Bertz CT molecular complexity index is 1350. The summed E-state index contributed by atoms with van der Waals surface area (Å²) in [5, 5.41) is 50.2. The van der Waals surface area contributed by atoms with Gasteiger partial charge in [0.1, 0.15) is 43.2 Å². The fourth-order valence-corrected chi connectivity index (χ4v) is 8.41. The highest BCUT2D eigenvalue weighted by molar-refractivity contribution is 7.47. The number of hydrogen-bond donors (Lipinski definition) is 6. The topological polar surface area (TPSA) is 210 Å². The monoisotopic (exact) mass is 941 g/mol. The second-order valence-electron chi connectivity index (χ2n) is 17.4. The SMILES string of the molecule is C=CCCCCCCCCCCCCCCCC(=O)OC[C@H](COP(=O)(O)OC1C(O)C(O)C(O)[C@@H](O)C1O)OC(=O)CCC/C=C/C/C=C/C/C=C/C/C=C/CCCCCCCCC. The third kappa shape index (κ3) is 32.8. The number of carbonyl (C=O) groups excluding carboxylic acids is 2. The van der Waals surface area contributed by atoms with Crippen LogP contribution in [-0.4, -0.2) is 98.3 Å². The summed E-state index contributed by atoms with van der Waals surface area (Å²) in [6.45, 7) is 4.79. The molecule has 6 N–H and O–H groups in total. The summed E-state index contributed by atoms with van der Waals surface area (Å²) in [5.41, 5.74) is 0. The van der Waals surface area contributed by atoms with Crippen LogP contribution in [0.4, 0.5) is 0 Å². The molecule has 0 aromatic rings. The van der Waals surface area contributed by atoms with Crippen LogP contribution in [0.5, 0.6) is 0 Å². The molecule has 0 spiro atoms. The van der Waals surface area contributed by atoms with Gasteiger partial charge in [-0.25, -0.2) is 4.57 Å². The first-order valence-electron chi connectivity index (χ1n) is 25.1. The van der Waals surface area contributed by atoms with Crippen LogP contribution in [0.2, 0.25) is 0 Å². The molecule has 376 valence electrons. The lowest BCUT2D eigenvalue weighted by Crippen LogP contribution is -2.64. The first-order valence-corrected chi connectivity index (χ1v) is 26.5. The standard InChI is InChI=1S/C51H89O13P/c1-3-5-7-9-11-13-15-17-19-20-21-22-23-24-26-28-30-32-34-36-38-40-45(53)63-43(42-62-65(59,60)64-51-49(57)47(55)46(54)48(56)50(51)58)41-61-44(52)39-37-35-33-31-29-27-25-18-16-14-12-10-8-6-4-2/h4,19-20,22-23,26,28,32,34,43,46-51,54-58H,2-3,5-18,21,24-25,27,29-31,33,35-42H2,1H3,(H,59,60)/b20-19+,23-22+,28-26+,34-32+/t43-,46?,47-,48?,49?,50?,51?/m1/s1. The maximum absolute atomic E-state index is 12.8. The number of hydrogen-bond acceptors (Lipinski definition) is 12. The Hall–Kier alpha value is -2.45. The van der Waals surface area contributed by atoms with Crippen LogP contribution in [0, 0.1) is 0 Å². The quantitative estimate of drug-likeness (QED) is 0.0146. The number of aliphatic hydroxyl groups excluding tert-OH is 5. The van der Waals surface area contributed by atoms with E-state index in [2.05, 4.69) is 50.0 Å². The Labute approximate surface area is 392 Å². The summed E-state index contributed by atoms with van der Waals surface area (Å²) in [4.78, 5) is 35.8. The van der Waals surface area contributed by atoms with E-state index in [0.717, 1.165) is 51.4 Å². The predicted octanol–water partition coefficient (Wildman–Crippen LogP) is 10.5. The number of rotatable bonds is 42. The number of phosphoric ester groups is 1. The third-order valence-corrected chi connectivity index (χ3v) is 12.5. The first kappa shape index (κ1) is 60.6. The Kier molecular flexibility index (Phi) is 37.8. The number of allylic oxidation sites excluding steroid dienone is 9. The van der Waals surface area contributed by atoms with Gasteiger partial charge in [-0.15, -0.1) is 6.58 Å². The average Bonchev–Trinajstić information content (AvgIpc) is 3.29. The third-order valence-electron chi connectivity index (χ3n) is 11.5. The van der Waals surface area contributed by atoms with Crippen LogP contribution < -0.4 is 0 Å². The van der Waals surface area contributed by atoms with E-state index in [0.29, 0.717) is 19.3 Å². The maximum Gasteiger partial charge on any atom is 0.472 e. The zero-order chi connectivity index (χ0) is 47.8. The van der Waals surface area contributed by atoms with Crippen molar-refractivity contribution in [3.8, 4) is 0 Å². The summed E-state index contributed by atoms with van der Waals surface area (Å²) in [6.07, 6.45) is 36.0. The van der Waals surface area contributed by atoms with E-state index in [9.17, 15) is 44.6 Å². The second kappa shape index (κ2) is 40.6. The fourth-order valence-electron chi connectivity index (χ4n) is 7.44. The molecule has 14 heteroatoms. The summed E-state index contributed by atoms with van der Waals surface area (Å²) < 4.78 is 33.5. The number of unbranched alkanes of at least 4 members (excludes halogenated alkanes) is 21. The van der Waals surface area contributed by atoms with E-state index >= 15 is 0 Å². The van der Waals surface area contributed by atoms with Crippen LogP contribution >= 0.6 is 7.82 Å². The van der Waals surface area contributed by atoms with Crippen LogP contribution in [0.25, 0.3) is 0 Å². The number of carbonyl (C=O) groups is 2. The molecule has 0 radical (unpaired) electrons. The summed E-state index contributed by atoms with van der Waals surface area (Å²) in [6, 6.07) is 0. The molecular weight excluding hydrogens is 852 g/mol. The predicted molar refractivity (Wildman–Crippen MR) is 258 cm³/mol. The van der Waals surface area contributed by atoms with Gasteiger partial charge < -0.3 is 39.9 Å². The second-order valence-corrected chi connectivity index (χ2v) is 18.8. The van der Waals surface area contributed by atoms with Crippen molar-refractivity contribution in [3.05, 3.63) is 61.3 Å². The van der Waals surface area contributed by atoms with Crippen LogP contribution in [-0.2, 0) is 32.7 Å². The van der Waals surface area contributed by atoms with Gasteiger partial charge in [-0.05, 0) is 64.2 Å². The molecule has 8 atom stereocenters. The number of phosphoric acid groups is 1. The average molecular weight is 941 g/mol. The molecule has 0 heterocycles. The van der Waals surface area contributed by atoms with Gasteiger partial charge in [0.05, 0.1) is 6.61 Å². The van der Waals surface area contributed by atoms with Crippen LogP contribution in [0.1, 0.15) is 193 Å². The minimum atomic E-state index is -5.14. The van der Waals surface area contributed by atoms with Crippen molar-refractivity contribution in [1.82, 2.24) is 0 Å². The summed E-state index contributed by atoms with van der Waals surface area (Å²) in [7, 11) is -5.14. The largest absolute Gasteiger partial charge is 0.472 e. The van der Waals surface area contributed by atoms with Gasteiger partial charge in [-0.2, -0.15) is 0 Å². The zero-order valence-electron chi connectivity index (χ0n) is 39.9. The normalized spacial score (nSPS) is 21.7. The van der Waals surface area contributed by atoms with E-state index in [1.54, 1.807) is 0 Å². The highest BCUT2D eigenvalue weighted by Crippen LogP contribution is 2.47.